The van der Waals surface area contributed by atoms with Gasteiger partial charge in [0.1, 0.15) is 30.5 Å². The molecule has 0 fully saturated rings. The summed E-state index contributed by atoms with van der Waals surface area (Å²) in [7, 11) is 0. The molecule has 1 N–H and O–H groups in total. The quantitative estimate of drug-likeness (QED) is 0.414. The van der Waals surface area contributed by atoms with Gasteiger partial charge in [-0.15, -0.1) is 0 Å². The van der Waals surface area contributed by atoms with E-state index in [2.05, 4.69) is 11.4 Å². The Morgan fingerprint density at radius 1 is 1.00 bits per heavy atom. The summed E-state index contributed by atoms with van der Waals surface area (Å²) in [5.74, 6) is 2.17. The molecule has 4 aromatic rings. The van der Waals surface area contributed by atoms with Crippen LogP contribution in [0.2, 0.25) is 0 Å². The Hall–Kier alpha value is -3.80. The molecule has 0 aliphatic heterocycles. The molecule has 0 aliphatic carbocycles. The van der Waals surface area contributed by atoms with Crippen molar-refractivity contribution in [3.05, 3.63) is 83.7 Å². The average molecular weight is 430 g/mol. The van der Waals surface area contributed by atoms with Crippen LogP contribution in [-0.4, -0.2) is 22.1 Å². The number of carbonyl (C=O) groups is 1. The first-order valence-corrected chi connectivity index (χ1v) is 10.7. The van der Waals surface area contributed by atoms with Crippen LogP contribution >= 0.6 is 0 Å². The van der Waals surface area contributed by atoms with E-state index in [0.29, 0.717) is 12.4 Å². The number of nitrogens with one attached hydrogen (secondary N) is 1. The van der Waals surface area contributed by atoms with Crippen LogP contribution in [0.4, 0.5) is 5.69 Å². The Bertz CT molecular complexity index is 1230. The van der Waals surface area contributed by atoms with E-state index in [-0.39, 0.29) is 19.1 Å². The maximum absolute atomic E-state index is 12.8. The minimum absolute atomic E-state index is 0.134. The number of nitrogens with zero attached hydrogens (tertiary/aromatic N) is 2. The summed E-state index contributed by atoms with van der Waals surface area (Å²) in [6, 6.07) is 21.3. The van der Waals surface area contributed by atoms with Crippen molar-refractivity contribution in [2.45, 2.75) is 33.9 Å². The number of benzene rings is 3. The maximum Gasteiger partial charge on any atom is 0.244 e. The number of rotatable bonds is 8. The van der Waals surface area contributed by atoms with Gasteiger partial charge in [-0.2, -0.15) is 0 Å². The highest BCUT2D eigenvalue weighted by Gasteiger charge is 2.15. The summed E-state index contributed by atoms with van der Waals surface area (Å²) < 4.78 is 13.4. The molecule has 1 amide bonds. The third-order valence-electron chi connectivity index (χ3n) is 5.18. The second kappa shape index (κ2) is 9.56. The molecule has 0 saturated heterocycles. The first-order valence-electron chi connectivity index (χ1n) is 10.7. The third-order valence-corrected chi connectivity index (χ3v) is 5.18. The number of carbonyl (C=O) groups excluding carboxylic acids is 1. The van der Waals surface area contributed by atoms with Crippen LogP contribution in [0.1, 0.15) is 23.9 Å². The van der Waals surface area contributed by atoms with Gasteiger partial charge in [0.15, 0.2) is 0 Å². The lowest BCUT2D eigenvalue weighted by Gasteiger charge is -2.13. The number of anilines is 1. The SMILES string of the molecule is CCOc1ccc(NC(=O)Cn2c(COc3cc(C)ccc3C)nc3ccccc32)cc1. The Morgan fingerprint density at radius 2 is 1.78 bits per heavy atom. The summed E-state index contributed by atoms with van der Waals surface area (Å²) in [6.07, 6.45) is 0. The number of hydrogen-bond donors (Lipinski definition) is 1. The summed E-state index contributed by atoms with van der Waals surface area (Å²) in [5, 5.41) is 2.95. The van der Waals surface area contributed by atoms with Crippen molar-refractivity contribution in [1.82, 2.24) is 9.55 Å². The Kier molecular flexibility index (Phi) is 6.40. The molecule has 0 spiro atoms. The molecule has 1 heterocycles. The van der Waals surface area contributed by atoms with E-state index < -0.39 is 0 Å². The molecule has 0 atom stereocenters. The molecule has 6 heteroatoms. The average Bonchev–Trinajstić information content (AvgIpc) is 3.13. The molecule has 0 unspecified atom stereocenters. The molecule has 0 radical (unpaired) electrons. The van der Waals surface area contributed by atoms with Crippen molar-refractivity contribution in [3.8, 4) is 11.5 Å². The fourth-order valence-corrected chi connectivity index (χ4v) is 3.56. The minimum Gasteiger partial charge on any atom is -0.494 e. The maximum atomic E-state index is 12.8. The van der Waals surface area contributed by atoms with Crippen LogP contribution in [0.25, 0.3) is 11.0 Å². The highest BCUT2D eigenvalue weighted by atomic mass is 16.5. The van der Waals surface area contributed by atoms with E-state index in [1.54, 1.807) is 0 Å². The number of ether oxygens (including phenoxy) is 2. The Morgan fingerprint density at radius 3 is 2.56 bits per heavy atom. The van der Waals surface area contributed by atoms with Crippen molar-refractivity contribution in [1.29, 1.82) is 0 Å². The van der Waals surface area contributed by atoms with Gasteiger partial charge >= 0.3 is 0 Å². The van der Waals surface area contributed by atoms with Crippen LogP contribution in [0.15, 0.2) is 66.7 Å². The van der Waals surface area contributed by atoms with Gasteiger partial charge in [0.2, 0.25) is 5.91 Å². The monoisotopic (exact) mass is 429 g/mol. The van der Waals surface area contributed by atoms with Gasteiger partial charge in [-0.05, 0) is 74.4 Å². The molecule has 6 nitrogen and oxygen atoms in total. The molecule has 0 bridgehead atoms. The molecular formula is C26H27N3O3. The zero-order valence-corrected chi connectivity index (χ0v) is 18.6. The second-order valence-electron chi connectivity index (χ2n) is 7.67. The highest BCUT2D eigenvalue weighted by Crippen LogP contribution is 2.22. The molecule has 1 aromatic heterocycles. The first kappa shape index (κ1) is 21.4. The van der Waals surface area contributed by atoms with Crippen LogP contribution in [-0.2, 0) is 17.9 Å². The van der Waals surface area contributed by atoms with Gasteiger partial charge in [0.25, 0.3) is 0 Å². The lowest BCUT2D eigenvalue weighted by molar-refractivity contribution is -0.116. The minimum atomic E-state index is -0.134. The fourth-order valence-electron chi connectivity index (χ4n) is 3.56. The predicted octanol–water partition coefficient (Wildman–Crippen LogP) is 5.27. The normalized spacial score (nSPS) is 10.8. The number of fused-ring (bicyclic) bond motifs is 1. The molecule has 164 valence electrons. The largest absolute Gasteiger partial charge is 0.494 e. The van der Waals surface area contributed by atoms with Gasteiger partial charge in [0, 0.05) is 5.69 Å². The van der Waals surface area contributed by atoms with Crippen molar-refractivity contribution in [2.24, 2.45) is 0 Å². The van der Waals surface area contributed by atoms with E-state index in [9.17, 15) is 4.79 Å². The van der Waals surface area contributed by atoms with Gasteiger partial charge in [-0.25, -0.2) is 4.98 Å². The number of hydrogen-bond acceptors (Lipinski definition) is 4. The predicted molar refractivity (Wildman–Crippen MR) is 126 cm³/mol. The van der Waals surface area contributed by atoms with Gasteiger partial charge < -0.3 is 19.4 Å². The van der Waals surface area contributed by atoms with E-state index in [1.807, 2.05) is 86.0 Å². The molecule has 0 saturated carbocycles. The van der Waals surface area contributed by atoms with Gasteiger partial charge in [-0.1, -0.05) is 24.3 Å². The number of aromatic nitrogens is 2. The van der Waals surface area contributed by atoms with E-state index >= 15 is 0 Å². The number of para-hydroxylation sites is 2. The zero-order chi connectivity index (χ0) is 22.5. The van der Waals surface area contributed by atoms with Crippen LogP contribution in [0.5, 0.6) is 11.5 Å². The Labute approximate surface area is 187 Å². The van der Waals surface area contributed by atoms with Crippen molar-refractivity contribution in [3.63, 3.8) is 0 Å². The van der Waals surface area contributed by atoms with E-state index in [0.717, 1.165) is 39.3 Å². The summed E-state index contributed by atoms with van der Waals surface area (Å²) in [5.41, 5.74) is 4.64. The van der Waals surface area contributed by atoms with Crippen molar-refractivity contribution >= 4 is 22.6 Å². The Balaban J connectivity index is 1.53. The molecule has 32 heavy (non-hydrogen) atoms. The van der Waals surface area contributed by atoms with Crippen molar-refractivity contribution < 1.29 is 14.3 Å². The summed E-state index contributed by atoms with van der Waals surface area (Å²) >= 11 is 0. The van der Waals surface area contributed by atoms with Gasteiger partial charge in [-0.3, -0.25) is 4.79 Å². The summed E-state index contributed by atoms with van der Waals surface area (Å²) in [6.45, 7) is 7.00. The molecule has 0 aliphatic rings. The highest BCUT2D eigenvalue weighted by molar-refractivity contribution is 5.91. The fraction of sp³-hybridized carbons (Fsp3) is 0.231. The zero-order valence-electron chi connectivity index (χ0n) is 18.6. The smallest absolute Gasteiger partial charge is 0.244 e. The van der Waals surface area contributed by atoms with E-state index in [4.69, 9.17) is 14.5 Å². The third kappa shape index (κ3) is 4.91. The topological polar surface area (TPSA) is 65.4 Å². The molecule has 4 rings (SSSR count). The first-order chi connectivity index (χ1) is 15.5. The second-order valence-corrected chi connectivity index (χ2v) is 7.67. The number of amides is 1. The molecule has 3 aromatic carbocycles. The summed E-state index contributed by atoms with van der Waals surface area (Å²) in [4.78, 5) is 17.5. The lowest BCUT2D eigenvalue weighted by Crippen LogP contribution is -2.20. The van der Waals surface area contributed by atoms with Crippen molar-refractivity contribution in [2.75, 3.05) is 11.9 Å². The number of imidazole rings is 1. The lowest BCUT2D eigenvalue weighted by atomic mass is 10.1. The standard InChI is InChI=1S/C26H27N3O3/c1-4-31-21-13-11-20(12-14-21)27-26(30)16-29-23-8-6-5-7-22(23)28-25(29)17-32-24-15-18(2)9-10-19(24)3/h5-15H,4,16-17H2,1-3H3,(H,27,30). The van der Waals surface area contributed by atoms with Crippen LogP contribution < -0.4 is 14.8 Å². The van der Waals surface area contributed by atoms with Crippen LogP contribution in [0, 0.1) is 13.8 Å². The van der Waals surface area contributed by atoms with Crippen LogP contribution in [0.3, 0.4) is 0 Å². The van der Waals surface area contributed by atoms with Gasteiger partial charge in [0.05, 0.1) is 17.6 Å². The van der Waals surface area contributed by atoms with E-state index in [1.165, 1.54) is 0 Å². The number of aryl methyl sites for hydroxylation is 2. The molecular weight excluding hydrogens is 402 g/mol.